The number of benzene rings is 2. The summed E-state index contributed by atoms with van der Waals surface area (Å²) in [5.41, 5.74) is 3.30. The number of ether oxygens (including phenoxy) is 1. The van der Waals surface area contributed by atoms with Crippen LogP contribution in [0.5, 0.6) is 5.75 Å². The summed E-state index contributed by atoms with van der Waals surface area (Å²) in [6, 6.07) is 14.2. The highest BCUT2D eigenvalue weighted by Gasteiger charge is 2.11. The molecule has 0 fully saturated rings. The van der Waals surface area contributed by atoms with Crippen molar-refractivity contribution in [2.45, 2.75) is 39.2 Å². The van der Waals surface area contributed by atoms with Gasteiger partial charge < -0.3 is 15.4 Å². The van der Waals surface area contributed by atoms with Crippen molar-refractivity contribution >= 4 is 34.6 Å². The van der Waals surface area contributed by atoms with E-state index < -0.39 is 0 Å². The van der Waals surface area contributed by atoms with Gasteiger partial charge in [0.2, 0.25) is 0 Å². The molecule has 0 heterocycles. The van der Waals surface area contributed by atoms with Crippen molar-refractivity contribution in [3.63, 3.8) is 0 Å². The van der Waals surface area contributed by atoms with Crippen molar-refractivity contribution < 1.29 is 4.74 Å². The number of methoxy groups -OCH3 is 1. The molecule has 3 nitrogen and oxygen atoms in total. The predicted octanol–water partition coefficient (Wildman–Crippen LogP) is 5.91. The van der Waals surface area contributed by atoms with E-state index in [1.54, 1.807) is 19.2 Å². The molecule has 0 bridgehead atoms. The number of hydrogen-bond donors (Lipinski definition) is 2. The molecule has 0 saturated carbocycles. The maximum atomic E-state index is 6.05. The number of thiocarbonyl (C=S) groups is 1. The largest absolute Gasteiger partial charge is 0.495 e. The van der Waals surface area contributed by atoms with Crippen molar-refractivity contribution in [1.29, 1.82) is 0 Å². The molecule has 0 aliphatic heterocycles. The predicted molar refractivity (Wildman–Crippen MR) is 111 cm³/mol. The minimum Gasteiger partial charge on any atom is -0.495 e. The van der Waals surface area contributed by atoms with Gasteiger partial charge in [0.25, 0.3) is 0 Å². The molecule has 0 saturated heterocycles. The molecule has 2 N–H and O–H groups in total. The normalized spacial score (nSPS) is 13.0. The summed E-state index contributed by atoms with van der Waals surface area (Å²) in [6.07, 6.45) is 1.14. The van der Waals surface area contributed by atoms with E-state index in [0.717, 1.165) is 12.1 Å². The zero-order valence-electron chi connectivity index (χ0n) is 15.1. The minimum absolute atomic E-state index is 0.0937. The van der Waals surface area contributed by atoms with Gasteiger partial charge in [0.1, 0.15) is 5.75 Å². The van der Waals surface area contributed by atoms with Gasteiger partial charge >= 0.3 is 0 Å². The summed E-state index contributed by atoms with van der Waals surface area (Å²) in [6.45, 7) is 6.53. The van der Waals surface area contributed by atoms with E-state index in [2.05, 4.69) is 55.7 Å². The quantitative estimate of drug-likeness (QED) is 0.614. The number of nitrogens with one attached hydrogen (secondary N) is 2. The molecule has 5 heteroatoms. The summed E-state index contributed by atoms with van der Waals surface area (Å²) in [5.74, 6) is 1.27. The first-order chi connectivity index (χ1) is 11.9. The molecule has 0 aliphatic rings. The monoisotopic (exact) mass is 376 g/mol. The Morgan fingerprint density at radius 1 is 1.12 bits per heavy atom. The fraction of sp³-hybridized carbons (Fsp3) is 0.350. The molecule has 0 amide bonds. The highest BCUT2D eigenvalue weighted by molar-refractivity contribution is 7.80. The number of halogens is 1. The van der Waals surface area contributed by atoms with E-state index in [-0.39, 0.29) is 6.04 Å². The zero-order chi connectivity index (χ0) is 18.4. The smallest absolute Gasteiger partial charge is 0.171 e. The van der Waals surface area contributed by atoms with Crippen molar-refractivity contribution in [2.75, 3.05) is 12.4 Å². The molecule has 134 valence electrons. The summed E-state index contributed by atoms with van der Waals surface area (Å²) in [5, 5.41) is 7.60. The van der Waals surface area contributed by atoms with E-state index in [1.807, 2.05) is 6.07 Å². The molecule has 0 spiro atoms. The Labute approximate surface area is 160 Å². The molecule has 2 unspecified atom stereocenters. The van der Waals surface area contributed by atoms with Gasteiger partial charge in [-0.1, -0.05) is 49.7 Å². The molecule has 2 aromatic rings. The second kappa shape index (κ2) is 9.07. The molecule has 2 aromatic carbocycles. The van der Waals surface area contributed by atoms with Crippen molar-refractivity contribution in [1.82, 2.24) is 5.32 Å². The van der Waals surface area contributed by atoms with Crippen molar-refractivity contribution in [2.24, 2.45) is 0 Å². The average Bonchev–Trinajstić information content (AvgIpc) is 2.61. The van der Waals surface area contributed by atoms with E-state index in [4.69, 9.17) is 28.6 Å². The van der Waals surface area contributed by atoms with Crippen LogP contribution in [0.15, 0.2) is 42.5 Å². The van der Waals surface area contributed by atoms with Crippen molar-refractivity contribution in [3.8, 4) is 5.75 Å². The molecule has 0 radical (unpaired) electrons. The second-order valence-corrected chi connectivity index (χ2v) is 6.99. The van der Waals surface area contributed by atoms with Crippen LogP contribution in [0.25, 0.3) is 0 Å². The van der Waals surface area contributed by atoms with Gasteiger partial charge in [-0.3, -0.25) is 0 Å². The maximum Gasteiger partial charge on any atom is 0.171 e. The number of anilines is 1. The van der Waals surface area contributed by atoms with Gasteiger partial charge in [-0.15, -0.1) is 0 Å². The SMILES string of the molecule is CCC(C)c1ccc(C(C)NC(=S)Nc2cc(Cl)ccc2OC)cc1. The van der Waals surface area contributed by atoms with Crippen LogP contribution in [-0.4, -0.2) is 12.2 Å². The first-order valence-corrected chi connectivity index (χ1v) is 9.24. The van der Waals surface area contributed by atoms with Crippen molar-refractivity contribution in [3.05, 3.63) is 58.6 Å². The molecule has 2 atom stereocenters. The summed E-state index contributed by atoms with van der Waals surface area (Å²) in [7, 11) is 1.62. The van der Waals surface area contributed by atoms with Crippen LogP contribution in [0, 0.1) is 0 Å². The van der Waals surface area contributed by atoms with Gasteiger partial charge in [-0.2, -0.15) is 0 Å². The van der Waals surface area contributed by atoms with Crippen LogP contribution >= 0.6 is 23.8 Å². The van der Waals surface area contributed by atoms with E-state index in [9.17, 15) is 0 Å². The first-order valence-electron chi connectivity index (χ1n) is 8.45. The lowest BCUT2D eigenvalue weighted by Crippen LogP contribution is -2.31. The molecule has 25 heavy (non-hydrogen) atoms. The van der Waals surface area contributed by atoms with E-state index >= 15 is 0 Å². The summed E-state index contributed by atoms with van der Waals surface area (Å²) < 4.78 is 5.33. The van der Waals surface area contributed by atoms with Crippen LogP contribution < -0.4 is 15.4 Å². The van der Waals surface area contributed by atoms with Gasteiger partial charge in [-0.05, 0) is 60.8 Å². The van der Waals surface area contributed by atoms with E-state index in [1.165, 1.54) is 11.1 Å². The fourth-order valence-corrected chi connectivity index (χ4v) is 3.02. The molecular weight excluding hydrogens is 352 g/mol. The Hall–Kier alpha value is -1.78. The Morgan fingerprint density at radius 2 is 1.76 bits per heavy atom. The molecule has 2 rings (SSSR count). The highest BCUT2D eigenvalue weighted by atomic mass is 35.5. The third-order valence-corrected chi connectivity index (χ3v) is 4.83. The Kier molecular flexibility index (Phi) is 7.09. The lowest BCUT2D eigenvalue weighted by Gasteiger charge is -2.19. The van der Waals surface area contributed by atoms with Gasteiger partial charge in [0, 0.05) is 5.02 Å². The second-order valence-electron chi connectivity index (χ2n) is 6.14. The van der Waals surface area contributed by atoms with Crippen LogP contribution in [0.2, 0.25) is 5.02 Å². The summed E-state index contributed by atoms with van der Waals surface area (Å²) >= 11 is 11.5. The third kappa shape index (κ3) is 5.35. The number of rotatable bonds is 6. The Balaban J connectivity index is 2.01. The third-order valence-electron chi connectivity index (χ3n) is 4.38. The molecule has 0 aliphatic carbocycles. The molecule has 0 aromatic heterocycles. The summed E-state index contributed by atoms with van der Waals surface area (Å²) in [4.78, 5) is 0. The van der Waals surface area contributed by atoms with Crippen LogP contribution in [0.3, 0.4) is 0 Å². The van der Waals surface area contributed by atoms with Crippen LogP contribution in [0.4, 0.5) is 5.69 Å². The zero-order valence-corrected chi connectivity index (χ0v) is 16.7. The van der Waals surface area contributed by atoms with Crippen LogP contribution in [-0.2, 0) is 0 Å². The molecular formula is C20H25ClN2OS. The lowest BCUT2D eigenvalue weighted by molar-refractivity contribution is 0.417. The maximum absolute atomic E-state index is 6.05. The van der Waals surface area contributed by atoms with Gasteiger partial charge in [-0.25, -0.2) is 0 Å². The van der Waals surface area contributed by atoms with Crippen LogP contribution in [0.1, 0.15) is 50.3 Å². The Morgan fingerprint density at radius 3 is 2.36 bits per heavy atom. The fourth-order valence-electron chi connectivity index (χ4n) is 2.57. The van der Waals surface area contributed by atoms with Gasteiger partial charge in [0.15, 0.2) is 5.11 Å². The minimum atomic E-state index is 0.0937. The average molecular weight is 377 g/mol. The standard InChI is InChI=1S/C20H25ClN2OS/c1-5-13(2)15-6-8-16(9-7-15)14(3)22-20(25)23-18-12-17(21)10-11-19(18)24-4/h6-14H,5H2,1-4H3,(H2,22,23,25). The van der Waals surface area contributed by atoms with E-state index in [0.29, 0.717) is 21.8 Å². The topological polar surface area (TPSA) is 33.3 Å². The van der Waals surface area contributed by atoms with Gasteiger partial charge in [0.05, 0.1) is 18.8 Å². The number of hydrogen-bond acceptors (Lipinski definition) is 2. The Bertz CT molecular complexity index is 718. The highest BCUT2D eigenvalue weighted by Crippen LogP contribution is 2.28. The first kappa shape index (κ1) is 19.5. The lowest BCUT2D eigenvalue weighted by atomic mass is 9.96.